The Balaban J connectivity index is 2.20. The maximum Gasteiger partial charge on any atom is 0.0865 e. The normalized spacial score (nSPS) is 12.9. The van der Waals surface area contributed by atoms with Crippen LogP contribution in [0.5, 0.6) is 0 Å². The van der Waals surface area contributed by atoms with Crippen LogP contribution in [-0.4, -0.2) is 19.4 Å². The molecule has 0 amide bonds. The first kappa shape index (κ1) is 11.2. The van der Waals surface area contributed by atoms with Gasteiger partial charge in [-0.1, -0.05) is 11.4 Å². The van der Waals surface area contributed by atoms with Gasteiger partial charge in [0, 0.05) is 18.3 Å². The van der Waals surface area contributed by atoms with Gasteiger partial charge in [-0.3, -0.25) is 10.5 Å². The van der Waals surface area contributed by atoms with Crippen molar-refractivity contribution in [1.29, 1.82) is 0 Å². The number of nitrogens with zero attached hydrogens (tertiary/aromatic N) is 4. The van der Waals surface area contributed by atoms with Gasteiger partial charge in [-0.05, 0) is 18.0 Å². The molecule has 2 rings (SSSR count). The van der Waals surface area contributed by atoms with Gasteiger partial charge in [0.15, 0.2) is 0 Å². The van der Waals surface area contributed by atoms with Gasteiger partial charge in [-0.25, -0.2) is 5.43 Å². The fourth-order valence-corrected chi connectivity index (χ4v) is 2.12. The Morgan fingerprint density at radius 2 is 2.44 bits per heavy atom. The molecular weight excluding hydrogens is 224 g/mol. The third kappa shape index (κ3) is 2.26. The minimum atomic E-state index is -0.0781. The molecule has 2 heterocycles. The van der Waals surface area contributed by atoms with Crippen molar-refractivity contribution < 1.29 is 0 Å². The minimum absolute atomic E-state index is 0.0781. The molecule has 6 nitrogen and oxygen atoms in total. The predicted octanol–water partition coefficient (Wildman–Crippen LogP) is 0.697. The summed E-state index contributed by atoms with van der Waals surface area (Å²) >= 11 is 1.33. The number of hydrogen-bond donors (Lipinski definition) is 2. The van der Waals surface area contributed by atoms with Crippen LogP contribution in [0.15, 0.2) is 18.6 Å². The summed E-state index contributed by atoms with van der Waals surface area (Å²) < 4.78 is 5.74. The molecule has 3 N–H and O–H groups in total. The van der Waals surface area contributed by atoms with Crippen LogP contribution in [0, 0.1) is 0 Å². The molecule has 0 aliphatic carbocycles. The second-order valence-electron chi connectivity index (χ2n) is 3.46. The van der Waals surface area contributed by atoms with Crippen molar-refractivity contribution in [2.24, 2.45) is 5.84 Å². The van der Waals surface area contributed by atoms with Crippen molar-refractivity contribution in [2.45, 2.75) is 25.9 Å². The summed E-state index contributed by atoms with van der Waals surface area (Å²) in [6.45, 7) is 3.03. The summed E-state index contributed by atoms with van der Waals surface area (Å²) in [6.07, 6.45) is 6.59. The van der Waals surface area contributed by atoms with Crippen LogP contribution in [0.2, 0.25) is 0 Å². The van der Waals surface area contributed by atoms with Crippen LogP contribution >= 0.6 is 11.5 Å². The summed E-state index contributed by atoms with van der Waals surface area (Å²) in [5.41, 5.74) is 3.78. The molecule has 1 unspecified atom stereocenters. The van der Waals surface area contributed by atoms with Gasteiger partial charge in [-0.15, -0.1) is 5.10 Å². The van der Waals surface area contributed by atoms with E-state index >= 15 is 0 Å². The molecule has 0 saturated carbocycles. The molecule has 86 valence electrons. The zero-order chi connectivity index (χ0) is 11.4. The second-order valence-corrected chi connectivity index (χ2v) is 4.27. The monoisotopic (exact) mass is 238 g/mol. The molecule has 0 radical (unpaired) electrons. The number of aryl methyl sites for hydroxylation is 1. The smallest absolute Gasteiger partial charge is 0.0865 e. The van der Waals surface area contributed by atoms with Crippen molar-refractivity contribution in [2.75, 3.05) is 0 Å². The predicted molar refractivity (Wildman–Crippen MR) is 61.6 cm³/mol. The Morgan fingerprint density at radius 1 is 1.56 bits per heavy atom. The highest BCUT2D eigenvalue weighted by atomic mass is 32.1. The Morgan fingerprint density at radius 3 is 3.06 bits per heavy atom. The third-order valence-corrected chi connectivity index (χ3v) is 3.00. The van der Waals surface area contributed by atoms with Crippen LogP contribution in [0.3, 0.4) is 0 Å². The molecule has 0 spiro atoms. The van der Waals surface area contributed by atoms with Gasteiger partial charge in [0.05, 0.1) is 23.3 Å². The van der Waals surface area contributed by atoms with Crippen molar-refractivity contribution >= 4 is 11.5 Å². The van der Waals surface area contributed by atoms with E-state index in [0.717, 1.165) is 23.4 Å². The summed E-state index contributed by atoms with van der Waals surface area (Å²) in [5, 5.41) is 8.08. The van der Waals surface area contributed by atoms with Crippen molar-refractivity contribution in [3.8, 4) is 0 Å². The molecule has 2 aromatic rings. The van der Waals surface area contributed by atoms with E-state index in [1.807, 2.05) is 17.1 Å². The van der Waals surface area contributed by atoms with Gasteiger partial charge < -0.3 is 0 Å². The highest BCUT2D eigenvalue weighted by molar-refractivity contribution is 7.05. The third-order valence-electron chi connectivity index (χ3n) is 2.27. The van der Waals surface area contributed by atoms with Crippen LogP contribution in [-0.2, 0) is 6.54 Å². The first-order valence-electron chi connectivity index (χ1n) is 5.11. The fourth-order valence-electron chi connectivity index (χ4n) is 1.52. The Hall–Kier alpha value is -1.31. The van der Waals surface area contributed by atoms with Crippen LogP contribution < -0.4 is 11.3 Å². The fraction of sp³-hybridized carbons (Fsp3) is 0.444. The molecule has 0 fully saturated rings. The van der Waals surface area contributed by atoms with Crippen molar-refractivity contribution in [3.05, 3.63) is 29.0 Å². The van der Waals surface area contributed by atoms with Crippen LogP contribution in [0.1, 0.15) is 29.8 Å². The van der Waals surface area contributed by atoms with E-state index in [0.29, 0.717) is 0 Å². The second kappa shape index (κ2) is 5.15. The van der Waals surface area contributed by atoms with E-state index in [-0.39, 0.29) is 6.04 Å². The summed E-state index contributed by atoms with van der Waals surface area (Å²) in [5.74, 6) is 5.54. The number of hydrazine groups is 1. The molecule has 7 heteroatoms. The lowest BCUT2D eigenvalue weighted by molar-refractivity contribution is 0.598. The molecule has 0 aliphatic heterocycles. The van der Waals surface area contributed by atoms with Gasteiger partial charge >= 0.3 is 0 Å². The lowest BCUT2D eigenvalue weighted by atomic mass is 10.1. The molecule has 2 aromatic heterocycles. The molecule has 0 aliphatic rings. The lowest BCUT2D eigenvalue weighted by Gasteiger charge is -2.10. The lowest BCUT2D eigenvalue weighted by Crippen LogP contribution is -2.27. The highest BCUT2D eigenvalue weighted by Gasteiger charge is 2.16. The quantitative estimate of drug-likeness (QED) is 0.592. The van der Waals surface area contributed by atoms with Gasteiger partial charge in [0.25, 0.3) is 0 Å². The maximum absolute atomic E-state index is 5.54. The average Bonchev–Trinajstić information content (AvgIpc) is 2.92. The van der Waals surface area contributed by atoms with Gasteiger partial charge in [0.1, 0.15) is 0 Å². The number of rotatable bonds is 5. The summed E-state index contributed by atoms with van der Waals surface area (Å²) in [7, 11) is 0. The van der Waals surface area contributed by atoms with Crippen molar-refractivity contribution in [3.63, 3.8) is 0 Å². The number of hydrogen-bond acceptors (Lipinski definition) is 6. The van der Waals surface area contributed by atoms with E-state index in [9.17, 15) is 0 Å². The minimum Gasteiger partial charge on any atom is -0.272 e. The maximum atomic E-state index is 5.54. The topological polar surface area (TPSA) is 81.7 Å². The van der Waals surface area contributed by atoms with Crippen molar-refractivity contribution in [1.82, 2.24) is 24.8 Å². The Labute approximate surface area is 97.6 Å². The Kier molecular flexibility index (Phi) is 3.60. The molecule has 0 aromatic carbocycles. The van der Waals surface area contributed by atoms with Gasteiger partial charge in [-0.2, -0.15) is 5.10 Å². The SMILES string of the molecule is CCCn1cc(C(NN)c2cnns2)cn1. The van der Waals surface area contributed by atoms with E-state index in [1.54, 1.807) is 6.20 Å². The van der Waals surface area contributed by atoms with Crippen LogP contribution in [0.4, 0.5) is 0 Å². The number of aromatic nitrogens is 4. The molecule has 0 bridgehead atoms. The zero-order valence-electron chi connectivity index (χ0n) is 9.00. The molecule has 0 saturated heterocycles. The average molecular weight is 238 g/mol. The van der Waals surface area contributed by atoms with E-state index in [1.165, 1.54) is 11.5 Å². The largest absolute Gasteiger partial charge is 0.272 e. The summed E-state index contributed by atoms with van der Waals surface area (Å²) in [4.78, 5) is 0.985. The van der Waals surface area contributed by atoms with Gasteiger partial charge in [0.2, 0.25) is 0 Å². The zero-order valence-corrected chi connectivity index (χ0v) is 9.81. The van der Waals surface area contributed by atoms with E-state index in [2.05, 4.69) is 27.0 Å². The van der Waals surface area contributed by atoms with E-state index in [4.69, 9.17) is 5.84 Å². The highest BCUT2D eigenvalue weighted by Crippen LogP contribution is 2.22. The van der Waals surface area contributed by atoms with E-state index < -0.39 is 0 Å². The molecule has 16 heavy (non-hydrogen) atoms. The first-order valence-corrected chi connectivity index (χ1v) is 5.88. The molecular formula is C9H14N6S. The first-order chi connectivity index (χ1) is 7.85. The summed E-state index contributed by atoms with van der Waals surface area (Å²) in [6, 6.07) is -0.0781. The Bertz CT molecular complexity index is 423. The van der Waals surface area contributed by atoms with Crippen LogP contribution in [0.25, 0.3) is 0 Å². The molecule has 1 atom stereocenters. The standard InChI is InChI=1S/C9H14N6S/c1-2-3-15-6-7(4-12-15)9(13-10)8-5-11-14-16-8/h4-6,9,13H,2-3,10H2,1H3. The number of nitrogens with two attached hydrogens (primary N) is 1. The number of nitrogens with one attached hydrogen (secondary N) is 1.